The van der Waals surface area contributed by atoms with Gasteiger partial charge in [-0.15, -0.1) is 0 Å². The molecular weight excluding hydrogens is 102 g/mol. The van der Waals surface area contributed by atoms with Crippen LogP contribution in [0.4, 0.5) is 0 Å². The van der Waals surface area contributed by atoms with E-state index in [2.05, 4.69) is 19.0 Å². The Morgan fingerprint density at radius 3 is 2.25 bits per heavy atom. The van der Waals surface area contributed by atoms with Crippen LogP contribution >= 0.6 is 0 Å². The van der Waals surface area contributed by atoms with E-state index in [9.17, 15) is 0 Å². The highest BCUT2D eigenvalue weighted by Gasteiger charge is 2.34. The number of hydrogen-bond donors (Lipinski definition) is 1. The SMILES string of the molecule is CC1(C)CCC1=NO. The van der Waals surface area contributed by atoms with E-state index in [1.165, 1.54) is 0 Å². The second-order valence-corrected chi connectivity index (χ2v) is 2.93. The second kappa shape index (κ2) is 1.47. The van der Waals surface area contributed by atoms with Gasteiger partial charge < -0.3 is 5.21 Å². The summed E-state index contributed by atoms with van der Waals surface area (Å²) >= 11 is 0. The molecule has 2 nitrogen and oxygen atoms in total. The van der Waals surface area contributed by atoms with Crippen LogP contribution in [0, 0.1) is 5.41 Å². The number of rotatable bonds is 0. The fourth-order valence-corrected chi connectivity index (χ4v) is 0.922. The van der Waals surface area contributed by atoms with E-state index < -0.39 is 0 Å². The van der Waals surface area contributed by atoms with Crippen molar-refractivity contribution in [3.05, 3.63) is 0 Å². The van der Waals surface area contributed by atoms with Crippen molar-refractivity contribution >= 4 is 5.71 Å². The largest absolute Gasteiger partial charge is 0.411 e. The molecule has 0 aromatic heterocycles. The maximum Gasteiger partial charge on any atom is 0.0627 e. The highest BCUT2D eigenvalue weighted by atomic mass is 16.4. The van der Waals surface area contributed by atoms with Crippen molar-refractivity contribution in [3.8, 4) is 0 Å². The Bertz CT molecular complexity index is 126. The number of oxime groups is 1. The van der Waals surface area contributed by atoms with Crippen molar-refractivity contribution in [2.45, 2.75) is 26.7 Å². The smallest absolute Gasteiger partial charge is 0.0627 e. The summed E-state index contributed by atoms with van der Waals surface area (Å²) in [7, 11) is 0. The van der Waals surface area contributed by atoms with Gasteiger partial charge in [0, 0.05) is 5.41 Å². The maximum atomic E-state index is 8.31. The van der Waals surface area contributed by atoms with Gasteiger partial charge in [-0.1, -0.05) is 19.0 Å². The molecule has 0 amide bonds. The van der Waals surface area contributed by atoms with E-state index >= 15 is 0 Å². The van der Waals surface area contributed by atoms with Crippen molar-refractivity contribution < 1.29 is 5.21 Å². The van der Waals surface area contributed by atoms with Gasteiger partial charge in [0.2, 0.25) is 0 Å². The highest BCUT2D eigenvalue weighted by Crippen LogP contribution is 2.36. The Labute approximate surface area is 49.2 Å². The molecule has 1 saturated carbocycles. The molecule has 0 atom stereocenters. The lowest BCUT2D eigenvalue weighted by Gasteiger charge is -2.34. The molecule has 0 radical (unpaired) electrons. The Balaban J connectivity index is 2.63. The van der Waals surface area contributed by atoms with Crippen LogP contribution in [0.3, 0.4) is 0 Å². The summed E-state index contributed by atoms with van der Waals surface area (Å²) in [5.74, 6) is 0. The van der Waals surface area contributed by atoms with Gasteiger partial charge >= 0.3 is 0 Å². The number of hydrogen-bond acceptors (Lipinski definition) is 2. The van der Waals surface area contributed by atoms with Gasteiger partial charge in [-0.2, -0.15) is 0 Å². The van der Waals surface area contributed by atoms with Gasteiger partial charge in [-0.05, 0) is 12.8 Å². The van der Waals surface area contributed by atoms with Gasteiger partial charge in [-0.25, -0.2) is 0 Å². The van der Waals surface area contributed by atoms with Crippen molar-refractivity contribution in [2.75, 3.05) is 0 Å². The molecule has 0 aromatic rings. The first kappa shape index (κ1) is 5.60. The molecule has 0 heterocycles. The van der Waals surface area contributed by atoms with Crippen LogP contribution in [0.2, 0.25) is 0 Å². The van der Waals surface area contributed by atoms with E-state index in [0.29, 0.717) is 0 Å². The summed E-state index contributed by atoms with van der Waals surface area (Å²) in [5.41, 5.74) is 1.13. The standard InChI is InChI=1S/C6H11NO/c1-6(2)4-3-5(6)7-8/h8H,3-4H2,1-2H3. The molecule has 2 heteroatoms. The predicted molar refractivity (Wildman–Crippen MR) is 32.2 cm³/mol. The Hall–Kier alpha value is -0.530. The van der Waals surface area contributed by atoms with E-state index in [-0.39, 0.29) is 5.41 Å². The Kier molecular flexibility index (Phi) is 1.03. The summed E-state index contributed by atoms with van der Waals surface area (Å²) < 4.78 is 0. The van der Waals surface area contributed by atoms with Crippen LogP contribution < -0.4 is 0 Å². The Morgan fingerprint density at radius 2 is 2.25 bits per heavy atom. The molecule has 0 aromatic carbocycles. The van der Waals surface area contributed by atoms with Gasteiger partial charge in [-0.3, -0.25) is 0 Å². The zero-order valence-electron chi connectivity index (χ0n) is 5.31. The molecule has 1 rings (SSSR count). The van der Waals surface area contributed by atoms with Crippen LogP contribution in [0.15, 0.2) is 5.16 Å². The summed E-state index contributed by atoms with van der Waals surface area (Å²) in [6.07, 6.45) is 2.13. The van der Waals surface area contributed by atoms with Crippen molar-refractivity contribution in [1.82, 2.24) is 0 Å². The molecular formula is C6H11NO. The first-order valence-electron chi connectivity index (χ1n) is 2.88. The average Bonchev–Trinajstić information content (AvgIpc) is 1.66. The molecule has 0 spiro atoms. The third-order valence-corrected chi connectivity index (χ3v) is 1.89. The second-order valence-electron chi connectivity index (χ2n) is 2.93. The van der Waals surface area contributed by atoms with Gasteiger partial charge in [0.1, 0.15) is 0 Å². The fourth-order valence-electron chi connectivity index (χ4n) is 0.922. The molecule has 1 fully saturated rings. The van der Waals surface area contributed by atoms with E-state index in [4.69, 9.17) is 5.21 Å². The number of nitrogens with zero attached hydrogens (tertiary/aromatic N) is 1. The quantitative estimate of drug-likeness (QED) is 0.376. The van der Waals surface area contributed by atoms with Crippen molar-refractivity contribution in [3.63, 3.8) is 0 Å². The van der Waals surface area contributed by atoms with Gasteiger partial charge in [0.15, 0.2) is 0 Å². The molecule has 1 N–H and O–H groups in total. The monoisotopic (exact) mass is 113 g/mol. The van der Waals surface area contributed by atoms with Crippen LogP contribution in [-0.4, -0.2) is 10.9 Å². The Morgan fingerprint density at radius 1 is 1.62 bits per heavy atom. The molecule has 46 valence electrons. The first-order valence-corrected chi connectivity index (χ1v) is 2.88. The van der Waals surface area contributed by atoms with Crippen LogP contribution in [0.5, 0.6) is 0 Å². The molecule has 0 saturated heterocycles. The minimum atomic E-state index is 0.189. The third kappa shape index (κ3) is 0.602. The first-order chi connectivity index (χ1) is 3.67. The van der Waals surface area contributed by atoms with Crippen LogP contribution in [0.25, 0.3) is 0 Å². The van der Waals surface area contributed by atoms with Gasteiger partial charge in [0.25, 0.3) is 0 Å². The molecule has 8 heavy (non-hydrogen) atoms. The van der Waals surface area contributed by atoms with Crippen molar-refractivity contribution in [1.29, 1.82) is 0 Å². The molecule has 0 unspecified atom stereocenters. The maximum absolute atomic E-state index is 8.31. The predicted octanol–water partition coefficient (Wildman–Crippen LogP) is 1.64. The van der Waals surface area contributed by atoms with E-state index in [1.807, 2.05) is 0 Å². The van der Waals surface area contributed by atoms with E-state index in [0.717, 1.165) is 18.6 Å². The third-order valence-electron chi connectivity index (χ3n) is 1.89. The molecule has 1 aliphatic rings. The highest BCUT2D eigenvalue weighted by molar-refractivity contribution is 5.94. The van der Waals surface area contributed by atoms with Crippen LogP contribution in [-0.2, 0) is 0 Å². The average molecular weight is 113 g/mol. The van der Waals surface area contributed by atoms with E-state index in [1.54, 1.807) is 0 Å². The van der Waals surface area contributed by atoms with Gasteiger partial charge in [0.05, 0.1) is 5.71 Å². The van der Waals surface area contributed by atoms with Crippen molar-refractivity contribution in [2.24, 2.45) is 10.6 Å². The zero-order valence-corrected chi connectivity index (χ0v) is 5.31. The minimum Gasteiger partial charge on any atom is -0.411 e. The molecule has 0 aliphatic heterocycles. The van der Waals surface area contributed by atoms with Crippen LogP contribution in [0.1, 0.15) is 26.7 Å². The summed E-state index contributed by atoms with van der Waals surface area (Å²) in [6.45, 7) is 4.18. The fraction of sp³-hybridized carbons (Fsp3) is 0.833. The minimum absolute atomic E-state index is 0.189. The summed E-state index contributed by atoms with van der Waals surface area (Å²) in [4.78, 5) is 0. The lowest BCUT2D eigenvalue weighted by molar-refractivity contribution is 0.288. The zero-order chi connectivity index (χ0) is 6.20. The molecule has 1 aliphatic carbocycles. The lowest BCUT2D eigenvalue weighted by Crippen LogP contribution is -2.34. The topological polar surface area (TPSA) is 32.6 Å². The molecule has 0 bridgehead atoms. The normalized spacial score (nSPS) is 30.0. The summed E-state index contributed by atoms with van der Waals surface area (Å²) in [5, 5.41) is 11.5. The lowest BCUT2D eigenvalue weighted by atomic mass is 9.70. The summed E-state index contributed by atoms with van der Waals surface area (Å²) in [6, 6.07) is 0.